The highest BCUT2D eigenvalue weighted by molar-refractivity contribution is 7.89. The number of rotatable bonds is 6. The van der Waals surface area contributed by atoms with Gasteiger partial charge >= 0.3 is 0 Å². The summed E-state index contributed by atoms with van der Waals surface area (Å²) in [6.07, 6.45) is 1.76. The number of hydrogen-bond donors (Lipinski definition) is 1. The van der Waals surface area contributed by atoms with Crippen LogP contribution in [0.2, 0.25) is 0 Å². The molecule has 132 valence electrons. The fraction of sp³-hybridized carbons (Fsp3) is 0.600. The average molecular weight is 353 g/mol. The van der Waals surface area contributed by atoms with E-state index in [0.29, 0.717) is 13.1 Å². The van der Waals surface area contributed by atoms with Crippen LogP contribution in [0.3, 0.4) is 0 Å². The maximum absolute atomic E-state index is 11.7. The van der Waals surface area contributed by atoms with Gasteiger partial charge in [0.05, 0.1) is 23.2 Å². The van der Waals surface area contributed by atoms with E-state index in [0.717, 1.165) is 35.8 Å². The molecule has 1 N–H and O–H groups in total. The molecule has 0 aromatic carbocycles. The number of aryl methyl sites for hydroxylation is 2. The summed E-state index contributed by atoms with van der Waals surface area (Å²) in [5.41, 5.74) is 3.07. The molecule has 1 aliphatic rings. The van der Waals surface area contributed by atoms with Crippen molar-refractivity contribution in [2.24, 2.45) is 0 Å². The molecule has 2 aromatic rings. The summed E-state index contributed by atoms with van der Waals surface area (Å²) in [4.78, 5) is 2.27. The summed E-state index contributed by atoms with van der Waals surface area (Å²) < 4.78 is 33.3. The Kier molecular flexibility index (Phi) is 4.75. The van der Waals surface area contributed by atoms with Gasteiger partial charge in [-0.1, -0.05) is 5.16 Å². The number of aromatic nitrogens is 3. The van der Waals surface area contributed by atoms with Crippen LogP contribution in [0.25, 0.3) is 0 Å². The molecule has 0 spiro atoms. The van der Waals surface area contributed by atoms with Crippen LogP contribution >= 0.6 is 0 Å². The highest BCUT2D eigenvalue weighted by Gasteiger charge is 2.27. The fourth-order valence-electron chi connectivity index (χ4n) is 3.01. The molecule has 0 aliphatic carbocycles. The SMILES string of the molecule is CCS(=O)(=O)NC[C@H]1CN(Cc2c(C)noc2C)Cc2ccnn21. The van der Waals surface area contributed by atoms with E-state index in [9.17, 15) is 8.42 Å². The lowest BCUT2D eigenvalue weighted by molar-refractivity contribution is 0.167. The summed E-state index contributed by atoms with van der Waals surface area (Å²) in [7, 11) is -3.22. The van der Waals surface area contributed by atoms with Crippen LogP contribution in [0.15, 0.2) is 16.8 Å². The first-order valence-electron chi connectivity index (χ1n) is 8.03. The second kappa shape index (κ2) is 6.66. The first-order chi connectivity index (χ1) is 11.4. The third kappa shape index (κ3) is 3.52. The van der Waals surface area contributed by atoms with Crippen LogP contribution in [-0.2, 0) is 23.1 Å². The second-order valence-electron chi connectivity index (χ2n) is 6.15. The fourth-order valence-corrected chi connectivity index (χ4v) is 3.66. The molecular weight excluding hydrogens is 330 g/mol. The van der Waals surface area contributed by atoms with Gasteiger partial charge in [-0.3, -0.25) is 9.58 Å². The monoisotopic (exact) mass is 353 g/mol. The van der Waals surface area contributed by atoms with Crippen molar-refractivity contribution in [2.75, 3.05) is 18.8 Å². The van der Waals surface area contributed by atoms with Crippen molar-refractivity contribution in [3.8, 4) is 0 Å². The molecule has 0 amide bonds. The quantitative estimate of drug-likeness (QED) is 0.832. The van der Waals surface area contributed by atoms with E-state index in [1.54, 1.807) is 13.1 Å². The van der Waals surface area contributed by atoms with Crippen molar-refractivity contribution in [3.05, 3.63) is 35.0 Å². The smallest absolute Gasteiger partial charge is 0.211 e. The predicted molar refractivity (Wildman–Crippen MR) is 88.8 cm³/mol. The van der Waals surface area contributed by atoms with Gasteiger partial charge in [-0.05, 0) is 26.8 Å². The zero-order chi connectivity index (χ0) is 17.3. The summed E-state index contributed by atoms with van der Waals surface area (Å²) in [6, 6.07) is 1.94. The molecule has 0 unspecified atom stereocenters. The van der Waals surface area contributed by atoms with Crippen molar-refractivity contribution in [1.82, 2.24) is 24.6 Å². The summed E-state index contributed by atoms with van der Waals surface area (Å²) in [5.74, 6) is 0.906. The van der Waals surface area contributed by atoms with Gasteiger partial charge in [-0.15, -0.1) is 0 Å². The number of hydrogen-bond acceptors (Lipinski definition) is 6. The first-order valence-corrected chi connectivity index (χ1v) is 9.68. The highest BCUT2D eigenvalue weighted by atomic mass is 32.2. The zero-order valence-electron chi connectivity index (χ0n) is 14.2. The number of sulfonamides is 1. The molecule has 0 bridgehead atoms. The summed E-state index contributed by atoms with van der Waals surface area (Å²) >= 11 is 0. The van der Waals surface area contributed by atoms with E-state index >= 15 is 0 Å². The Bertz CT molecular complexity index is 791. The average Bonchev–Trinajstić information content (AvgIpc) is 3.14. The van der Waals surface area contributed by atoms with E-state index < -0.39 is 10.0 Å². The Hall–Kier alpha value is -1.71. The molecule has 0 saturated carbocycles. The summed E-state index contributed by atoms with van der Waals surface area (Å²) in [5, 5.41) is 8.36. The molecule has 1 atom stereocenters. The lowest BCUT2D eigenvalue weighted by Gasteiger charge is -2.33. The van der Waals surface area contributed by atoms with Crippen molar-refractivity contribution < 1.29 is 12.9 Å². The van der Waals surface area contributed by atoms with E-state index in [1.165, 1.54) is 0 Å². The van der Waals surface area contributed by atoms with Crippen LogP contribution < -0.4 is 4.72 Å². The topological polar surface area (TPSA) is 93.3 Å². The lowest BCUT2D eigenvalue weighted by atomic mass is 10.1. The number of fused-ring (bicyclic) bond motifs is 1. The molecule has 1 aliphatic heterocycles. The minimum absolute atomic E-state index is 0.0365. The van der Waals surface area contributed by atoms with Crippen molar-refractivity contribution in [2.45, 2.75) is 39.9 Å². The highest BCUT2D eigenvalue weighted by Crippen LogP contribution is 2.23. The molecule has 9 heteroatoms. The second-order valence-corrected chi connectivity index (χ2v) is 8.24. The minimum atomic E-state index is -3.22. The molecular formula is C15H23N5O3S. The van der Waals surface area contributed by atoms with Gasteiger partial charge in [0.2, 0.25) is 10.0 Å². The Labute approximate surface area is 141 Å². The molecule has 0 fully saturated rings. The largest absolute Gasteiger partial charge is 0.361 e. The third-order valence-electron chi connectivity index (χ3n) is 4.43. The standard InChI is InChI=1S/C15H23N5O3S/c1-4-24(21,22)17-7-14-9-19(8-13-5-6-16-20(13)14)10-15-11(2)18-23-12(15)3/h5-6,14,17H,4,7-10H2,1-3H3/t14-/m0/s1. The van der Waals surface area contributed by atoms with Gasteiger partial charge in [0.25, 0.3) is 0 Å². The van der Waals surface area contributed by atoms with Crippen molar-refractivity contribution in [3.63, 3.8) is 0 Å². The number of nitrogens with zero attached hydrogens (tertiary/aromatic N) is 4. The van der Waals surface area contributed by atoms with Crippen LogP contribution in [0.5, 0.6) is 0 Å². The van der Waals surface area contributed by atoms with E-state index in [1.807, 2.05) is 24.6 Å². The molecule has 3 heterocycles. The normalized spacial score (nSPS) is 18.7. The van der Waals surface area contributed by atoms with Crippen molar-refractivity contribution in [1.29, 1.82) is 0 Å². The van der Waals surface area contributed by atoms with Crippen LogP contribution in [-0.4, -0.2) is 47.1 Å². The molecule has 2 aromatic heterocycles. The predicted octanol–water partition coefficient (Wildman–Crippen LogP) is 0.984. The van der Waals surface area contributed by atoms with Gasteiger partial charge in [0, 0.05) is 37.9 Å². The van der Waals surface area contributed by atoms with Crippen LogP contribution in [0, 0.1) is 13.8 Å². The minimum Gasteiger partial charge on any atom is -0.361 e. The Balaban J connectivity index is 1.76. The number of nitrogens with one attached hydrogen (secondary N) is 1. The zero-order valence-corrected chi connectivity index (χ0v) is 15.0. The van der Waals surface area contributed by atoms with Gasteiger partial charge < -0.3 is 4.52 Å². The Morgan fingerprint density at radius 3 is 2.88 bits per heavy atom. The molecule has 8 nitrogen and oxygen atoms in total. The summed E-state index contributed by atoms with van der Waals surface area (Å²) in [6.45, 7) is 8.02. The van der Waals surface area contributed by atoms with E-state index in [-0.39, 0.29) is 11.8 Å². The maximum atomic E-state index is 11.7. The maximum Gasteiger partial charge on any atom is 0.211 e. The van der Waals surface area contributed by atoms with E-state index in [2.05, 4.69) is 19.9 Å². The van der Waals surface area contributed by atoms with Crippen molar-refractivity contribution >= 4 is 10.0 Å². The third-order valence-corrected chi connectivity index (χ3v) is 5.80. The first kappa shape index (κ1) is 17.1. The van der Waals surface area contributed by atoms with Crippen LogP contribution in [0.4, 0.5) is 0 Å². The molecule has 0 saturated heterocycles. The Morgan fingerprint density at radius 1 is 1.42 bits per heavy atom. The van der Waals surface area contributed by atoms with Gasteiger partial charge in [-0.2, -0.15) is 5.10 Å². The van der Waals surface area contributed by atoms with Gasteiger partial charge in [0.1, 0.15) is 5.76 Å². The molecule has 0 radical (unpaired) electrons. The Morgan fingerprint density at radius 2 is 2.21 bits per heavy atom. The molecule has 3 rings (SSSR count). The van der Waals surface area contributed by atoms with E-state index in [4.69, 9.17) is 4.52 Å². The molecule has 24 heavy (non-hydrogen) atoms. The lowest BCUT2D eigenvalue weighted by Crippen LogP contribution is -2.43. The van der Waals surface area contributed by atoms with Gasteiger partial charge in [-0.25, -0.2) is 13.1 Å². The van der Waals surface area contributed by atoms with Crippen LogP contribution in [0.1, 0.15) is 35.7 Å². The van der Waals surface area contributed by atoms with Gasteiger partial charge in [0.15, 0.2) is 0 Å².